The van der Waals surface area contributed by atoms with Crippen LogP contribution in [0.5, 0.6) is 0 Å². The van der Waals surface area contributed by atoms with Crippen LogP contribution in [0.3, 0.4) is 0 Å². The zero-order valence-electron chi connectivity index (χ0n) is 11.9. The summed E-state index contributed by atoms with van der Waals surface area (Å²) in [5.41, 5.74) is -0.846. The third-order valence-electron chi connectivity index (χ3n) is 3.26. The van der Waals surface area contributed by atoms with Gasteiger partial charge in [-0.05, 0) is 13.8 Å². The standard InChI is InChI=1S/C13H25N3O3/c1-13(2,11-14)19-10-12(18)9-16-5-3-15(4-6-16)7-8-17/h12,17-18H,3-10H2,1-2H3/t12-/m0/s1. The van der Waals surface area contributed by atoms with Gasteiger partial charge in [0.2, 0.25) is 0 Å². The van der Waals surface area contributed by atoms with Crippen LogP contribution in [-0.2, 0) is 4.74 Å². The molecule has 0 aromatic rings. The van der Waals surface area contributed by atoms with Gasteiger partial charge in [0.1, 0.15) is 5.60 Å². The summed E-state index contributed by atoms with van der Waals surface area (Å²) in [6.45, 7) is 8.63. The molecule has 1 fully saturated rings. The summed E-state index contributed by atoms with van der Waals surface area (Å²) < 4.78 is 5.36. The highest BCUT2D eigenvalue weighted by atomic mass is 16.5. The monoisotopic (exact) mass is 271 g/mol. The zero-order chi connectivity index (χ0) is 14.3. The molecule has 1 saturated heterocycles. The molecule has 0 spiro atoms. The summed E-state index contributed by atoms with van der Waals surface area (Å²) in [6, 6.07) is 2.04. The fourth-order valence-corrected chi connectivity index (χ4v) is 2.02. The molecule has 0 aromatic heterocycles. The lowest BCUT2D eigenvalue weighted by Gasteiger charge is -2.35. The largest absolute Gasteiger partial charge is 0.395 e. The van der Waals surface area contributed by atoms with Crippen LogP contribution in [0.1, 0.15) is 13.8 Å². The first-order valence-corrected chi connectivity index (χ1v) is 6.75. The van der Waals surface area contributed by atoms with Gasteiger partial charge in [-0.1, -0.05) is 0 Å². The third kappa shape index (κ3) is 6.32. The number of aliphatic hydroxyl groups excluding tert-OH is 2. The maximum absolute atomic E-state index is 9.90. The molecule has 0 radical (unpaired) electrons. The van der Waals surface area contributed by atoms with Crippen molar-refractivity contribution < 1.29 is 14.9 Å². The number of aliphatic hydroxyl groups is 2. The average Bonchev–Trinajstić information content (AvgIpc) is 2.39. The van der Waals surface area contributed by atoms with Crippen LogP contribution < -0.4 is 0 Å². The lowest BCUT2D eigenvalue weighted by molar-refractivity contribution is -0.0419. The predicted molar refractivity (Wildman–Crippen MR) is 71.6 cm³/mol. The minimum absolute atomic E-state index is 0.178. The van der Waals surface area contributed by atoms with Crippen LogP contribution in [0.4, 0.5) is 0 Å². The Morgan fingerprint density at radius 2 is 1.84 bits per heavy atom. The average molecular weight is 271 g/mol. The second-order valence-electron chi connectivity index (χ2n) is 5.45. The molecule has 0 unspecified atom stereocenters. The summed E-state index contributed by atoms with van der Waals surface area (Å²) in [4.78, 5) is 4.39. The number of hydrogen-bond donors (Lipinski definition) is 2. The molecule has 1 aliphatic rings. The first kappa shape index (κ1) is 16.3. The van der Waals surface area contributed by atoms with Gasteiger partial charge in [-0.15, -0.1) is 0 Å². The minimum atomic E-state index is -0.846. The van der Waals surface area contributed by atoms with Crippen LogP contribution in [-0.4, -0.2) is 84.2 Å². The van der Waals surface area contributed by atoms with Crippen molar-refractivity contribution in [1.29, 1.82) is 5.26 Å². The van der Waals surface area contributed by atoms with Gasteiger partial charge in [0.15, 0.2) is 0 Å². The smallest absolute Gasteiger partial charge is 0.148 e. The fourth-order valence-electron chi connectivity index (χ4n) is 2.02. The van der Waals surface area contributed by atoms with Crippen molar-refractivity contribution in [1.82, 2.24) is 9.80 Å². The van der Waals surface area contributed by atoms with E-state index in [0.717, 1.165) is 32.7 Å². The topological polar surface area (TPSA) is 80.0 Å². The normalized spacial score (nSPS) is 20.2. The van der Waals surface area contributed by atoms with E-state index in [9.17, 15) is 5.11 Å². The summed E-state index contributed by atoms with van der Waals surface area (Å²) in [5, 5.41) is 27.6. The van der Waals surface area contributed by atoms with Crippen LogP contribution in [0.25, 0.3) is 0 Å². The molecule has 1 atom stereocenters. The Hall–Kier alpha value is -0.710. The first-order valence-electron chi connectivity index (χ1n) is 6.75. The highest BCUT2D eigenvalue weighted by molar-refractivity contribution is 4.94. The Balaban J connectivity index is 2.20. The zero-order valence-corrected chi connectivity index (χ0v) is 11.9. The van der Waals surface area contributed by atoms with Crippen molar-refractivity contribution in [2.75, 3.05) is 52.5 Å². The Bertz CT molecular complexity index is 296. The van der Waals surface area contributed by atoms with Crippen LogP contribution in [0.2, 0.25) is 0 Å². The molecular weight excluding hydrogens is 246 g/mol. The van der Waals surface area contributed by atoms with E-state index in [2.05, 4.69) is 9.80 Å². The Morgan fingerprint density at radius 3 is 2.37 bits per heavy atom. The molecule has 1 heterocycles. The summed E-state index contributed by atoms with van der Waals surface area (Å²) >= 11 is 0. The third-order valence-corrected chi connectivity index (χ3v) is 3.26. The number of β-amino-alcohol motifs (C(OH)–C–C–N with tert-alkyl or cyclic N) is 2. The lowest BCUT2D eigenvalue weighted by atomic mass is 10.2. The minimum Gasteiger partial charge on any atom is -0.395 e. The van der Waals surface area contributed by atoms with Crippen LogP contribution in [0.15, 0.2) is 0 Å². The van der Waals surface area contributed by atoms with Crippen molar-refractivity contribution in [3.05, 3.63) is 0 Å². The van der Waals surface area contributed by atoms with Gasteiger partial charge in [0.25, 0.3) is 0 Å². The molecule has 1 rings (SSSR count). The van der Waals surface area contributed by atoms with Gasteiger partial charge in [-0.2, -0.15) is 5.26 Å². The van der Waals surface area contributed by atoms with Crippen molar-refractivity contribution >= 4 is 0 Å². The van der Waals surface area contributed by atoms with Crippen molar-refractivity contribution in [3.8, 4) is 6.07 Å². The van der Waals surface area contributed by atoms with Crippen molar-refractivity contribution in [2.24, 2.45) is 0 Å². The van der Waals surface area contributed by atoms with Gasteiger partial charge in [0.05, 0.1) is 25.4 Å². The SMILES string of the molecule is CC(C)(C#N)OC[C@@H](O)CN1CCN(CCO)CC1. The molecule has 2 N–H and O–H groups in total. The van der Waals surface area contributed by atoms with E-state index in [1.807, 2.05) is 6.07 Å². The highest BCUT2D eigenvalue weighted by Crippen LogP contribution is 2.08. The van der Waals surface area contributed by atoms with Gasteiger partial charge < -0.3 is 14.9 Å². The van der Waals surface area contributed by atoms with Gasteiger partial charge in [0, 0.05) is 39.3 Å². The molecule has 0 aliphatic carbocycles. The summed E-state index contributed by atoms with van der Waals surface area (Å²) in [5.74, 6) is 0. The van der Waals surface area contributed by atoms with Gasteiger partial charge >= 0.3 is 0 Å². The van der Waals surface area contributed by atoms with E-state index in [0.29, 0.717) is 6.54 Å². The Kier molecular flexibility index (Phi) is 6.69. The molecule has 0 aromatic carbocycles. The number of nitriles is 1. The van der Waals surface area contributed by atoms with E-state index in [4.69, 9.17) is 15.1 Å². The first-order chi connectivity index (χ1) is 8.96. The number of hydrogen-bond acceptors (Lipinski definition) is 6. The fraction of sp³-hybridized carbons (Fsp3) is 0.923. The number of piperazine rings is 1. The molecule has 6 nitrogen and oxygen atoms in total. The molecule has 0 bridgehead atoms. The van der Waals surface area contributed by atoms with Gasteiger partial charge in [-0.3, -0.25) is 9.80 Å². The number of rotatable bonds is 7. The molecular formula is C13H25N3O3. The second-order valence-corrected chi connectivity index (χ2v) is 5.45. The Labute approximate surface area is 115 Å². The van der Waals surface area contributed by atoms with Crippen molar-refractivity contribution in [3.63, 3.8) is 0 Å². The van der Waals surface area contributed by atoms with E-state index in [1.54, 1.807) is 13.8 Å². The lowest BCUT2D eigenvalue weighted by Crippen LogP contribution is -2.49. The van der Waals surface area contributed by atoms with Crippen LogP contribution in [0, 0.1) is 11.3 Å². The van der Waals surface area contributed by atoms with E-state index in [1.165, 1.54) is 0 Å². The molecule has 19 heavy (non-hydrogen) atoms. The number of nitrogens with zero attached hydrogens (tertiary/aromatic N) is 3. The number of ether oxygens (including phenoxy) is 1. The quantitative estimate of drug-likeness (QED) is 0.636. The molecule has 6 heteroatoms. The van der Waals surface area contributed by atoms with E-state index < -0.39 is 11.7 Å². The maximum atomic E-state index is 9.90. The van der Waals surface area contributed by atoms with E-state index in [-0.39, 0.29) is 13.2 Å². The van der Waals surface area contributed by atoms with Crippen LogP contribution >= 0.6 is 0 Å². The molecule has 110 valence electrons. The predicted octanol–water partition coefficient (Wildman–Crippen LogP) is -0.724. The summed E-state index contributed by atoms with van der Waals surface area (Å²) in [7, 11) is 0. The molecule has 0 amide bonds. The molecule has 1 aliphatic heterocycles. The second kappa shape index (κ2) is 7.78. The van der Waals surface area contributed by atoms with Crippen molar-refractivity contribution in [2.45, 2.75) is 25.6 Å². The maximum Gasteiger partial charge on any atom is 0.148 e. The van der Waals surface area contributed by atoms with Gasteiger partial charge in [-0.25, -0.2) is 0 Å². The van der Waals surface area contributed by atoms with E-state index >= 15 is 0 Å². The highest BCUT2D eigenvalue weighted by Gasteiger charge is 2.22. The Morgan fingerprint density at radius 1 is 1.26 bits per heavy atom. The molecule has 0 saturated carbocycles. The summed E-state index contributed by atoms with van der Waals surface area (Å²) in [6.07, 6.45) is -0.572.